The molecular weight excluding hydrogens is 138 g/mol. The molecule has 1 aliphatic carbocycles. The van der Waals surface area contributed by atoms with Gasteiger partial charge >= 0.3 is 0 Å². The molecule has 2 heteroatoms. The molecule has 0 aromatic carbocycles. The third kappa shape index (κ3) is 2.91. The molecule has 1 amide bonds. The minimum absolute atomic E-state index is 0. The van der Waals surface area contributed by atoms with Gasteiger partial charge in [0.2, 0.25) is 5.91 Å². The molecule has 0 atom stereocenters. The van der Waals surface area contributed by atoms with Gasteiger partial charge in [0.05, 0.1) is 0 Å². The Kier molecular flexibility index (Phi) is 3.40. The fourth-order valence-electron chi connectivity index (χ4n) is 1.58. The SMILES string of the molecule is CCC(=O)NC1CCCCC1.[HH]. The van der Waals surface area contributed by atoms with Gasteiger partial charge in [-0.15, -0.1) is 0 Å². The lowest BCUT2D eigenvalue weighted by Gasteiger charge is -2.22. The molecule has 2 nitrogen and oxygen atoms in total. The Hall–Kier alpha value is -0.530. The predicted molar refractivity (Wildman–Crippen MR) is 47.4 cm³/mol. The highest BCUT2D eigenvalue weighted by Gasteiger charge is 2.13. The molecule has 1 saturated carbocycles. The Balaban J connectivity index is 0.00000121. The van der Waals surface area contributed by atoms with E-state index >= 15 is 0 Å². The van der Waals surface area contributed by atoms with Gasteiger partial charge in [0.25, 0.3) is 0 Å². The quantitative estimate of drug-likeness (QED) is 0.653. The van der Waals surface area contributed by atoms with Crippen LogP contribution in [0.4, 0.5) is 0 Å². The lowest BCUT2D eigenvalue weighted by molar-refractivity contribution is -0.121. The van der Waals surface area contributed by atoms with Crippen molar-refractivity contribution in [3.63, 3.8) is 0 Å². The van der Waals surface area contributed by atoms with Crippen LogP contribution in [0.25, 0.3) is 0 Å². The maximum absolute atomic E-state index is 11.0. The third-order valence-electron chi connectivity index (χ3n) is 2.29. The maximum atomic E-state index is 11.0. The van der Waals surface area contributed by atoms with E-state index in [-0.39, 0.29) is 7.33 Å². The summed E-state index contributed by atoms with van der Waals surface area (Å²) in [5, 5.41) is 3.03. The van der Waals surface area contributed by atoms with Crippen molar-refractivity contribution < 1.29 is 6.22 Å². The molecule has 1 aliphatic rings. The molecule has 0 spiro atoms. The number of carbonyl (C=O) groups excluding carboxylic acids is 1. The predicted octanol–water partition coefficient (Wildman–Crippen LogP) is 2.09. The molecule has 1 rings (SSSR count). The van der Waals surface area contributed by atoms with Gasteiger partial charge in [0.15, 0.2) is 0 Å². The number of hydrogen-bond donors (Lipinski definition) is 1. The zero-order chi connectivity index (χ0) is 8.10. The Bertz CT molecular complexity index is 132. The van der Waals surface area contributed by atoms with Gasteiger partial charge < -0.3 is 5.32 Å². The van der Waals surface area contributed by atoms with E-state index in [1.807, 2.05) is 6.92 Å². The second kappa shape index (κ2) is 4.37. The van der Waals surface area contributed by atoms with Crippen molar-refractivity contribution >= 4 is 5.91 Å². The molecule has 0 unspecified atom stereocenters. The van der Waals surface area contributed by atoms with Crippen LogP contribution >= 0.6 is 0 Å². The molecule has 0 saturated heterocycles. The van der Waals surface area contributed by atoms with Crippen LogP contribution in [-0.2, 0) is 4.79 Å². The first-order chi connectivity index (χ1) is 5.33. The van der Waals surface area contributed by atoms with E-state index in [4.69, 9.17) is 0 Å². The summed E-state index contributed by atoms with van der Waals surface area (Å²) < 4.78 is 0. The number of carbonyl (C=O) groups is 1. The topological polar surface area (TPSA) is 29.1 Å². The number of amides is 1. The molecule has 0 bridgehead atoms. The second-order valence-corrected chi connectivity index (χ2v) is 3.26. The third-order valence-corrected chi connectivity index (χ3v) is 2.29. The van der Waals surface area contributed by atoms with Crippen molar-refractivity contribution in [2.45, 2.75) is 51.5 Å². The molecule has 0 heterocycles. The molecule has 0 aliphatic heterocycles. The minimum Gasteiger partial charge on any atom is -0.353 e. The second-order valence-electron chi connectivity index (χ2n) is 3.26. The van der Waals surface area contributed by atoms with Crippen LogP contribution in [0.5, 0.6) is 0 Å². The van der Waals surface area contributed by atoms with E-state index in [1.54, 1.807) is 0 Å². The van der Waals surface area contributed by atoms with E-state index in [1.165, 1.54) is 32.1 Å². The van der Waals surface area contributed by atoms with Crippen molar-refractivity contribution in [3.05, 3.63) is 0 Å². The molecule has 11 heavy (non-hydrogen) atoms. The van der Waals surface area contributed by atoms with Crippen molar-refractivity contribution in [2.24, 2.45) is 0 Å². The zero-order valence-corrected chi connectivity index (χ0v) is 7.23. The van der Waals surface area contributed by atoms with Crippen LogP contribution in [0.15, 0.2) is 0 Å². The average molecular weight is 157 g/mol. The number of hydrogen-bond acceptors (Lipinski definition) is 1. The Morgan fingerprint density at radius 3 is 2.64 bits per heavy atom. The fourth-order valence-corrected chi connectivity index (χ4v) is 1.58. The van der Waals surface area contributed by atoms with Crippen molar-refractivity contribution in [3.8, 4) is 0 Å². The lowest BCUT2D eigenvalue weighted by Crippen LogP contribution is -2.35. The smallest absolute Gasteiger partial charge is 0.219 e. The monoisotopic (exact) mass is 157 g/mol. The summed E-state index contributed by atoms with van der Waals surface area (Å²) >= 11 is 0. The zero-order valence-electron chi connectivity index (χ0n) is 7.23. The normalized spacial score (nSPS) is 19.7. The van der Waals surface area contributed by atoms with E-state index in [0.717, 1.165) is 0 Å². The largest absolute Gasteiger partial charge is 0.353 e. The minimum atomic E-state index is 0. The van der Waals surface area contributed by atoms with Gasteiger partial charge in [-0.1, -0.05) is 26.2 Å². The number of rotatable bonds is 2. The van der Waals surface area contributed by atoms with Crippen LogP contribution in [0.3, 0.4) is 0 Å². The summed E-state index contributed by atoms with van der Waals surface area (Å²) in [7, 11) is 0. The van der Waals surface area contributed by atoms with Crippen molar-refractivity contribution in [1.82, 2.24) is 5.32 Å². The highest BCUT2D eigenvalue weighted by Crippen LogP contribution is 2.17. The van der Waals surface area contributed by atoms with Gasteiger partial charge in [-0.2, -0.15) is 0 Å². The van der Waals surface area contributed by atoms with Crippen LogP contribution in [0.2, 0.25) is 0 Å². The molecule has 66 valence electrons. The molecule has 1 fully saturated rings. The summed E-state index contributed by atoms with van der Waals surface area (Å²) in [5.41, 5.74) is 0. The Labute approximate surface area is 69.8 Å². The van der Waals surface area contributed by atoms with Crippen LogP contribution < -0.4 is 5.32 Å². The van der Waals surface area contributed by atoms with E-state index in [2.05, 4.69) is 5.32 Å². The lowest BCUT2D eigenvalue weighted by atomic mass is 9.95. The first kappa shape index (κ1) is 8.57. The summed E-state index contributed by atoms with van der Waals surface area (Å²) in [6, 6.07) is 0.483. The van der Waals surface area contributed by atoms with E-state index in [9.17, 15) is 4.79 Å². The average Bonchev–Trinajstić information content (AvgIpc) is 2.06. The Morgan fingerprint density at radius 2 is 2.09 bits per heavy atom. The van der Waals surface area contributed by atoms with Crippen LogP contribution in [0.1, 0.15) is 46.9 Å². The molecule has 1 N–H and O–H groups in total. The van der Waals surface area contributed by atoms with Crippen LogP contribution in [-0.4, -0.2) is 11.9 Å². The fraction of sp³-hybridized carbons (Fsp3) is 0.889. The Morgan fingerprint density at radius 1 is 1.45 bits per heavy atom. The van der Waals surface area contributed by atoms with Crippen molar-refractivity contribution in [2.75, 3.05) is 0 Å². The summed E-state index contributed by atoms with van der Waals surface area (Å²) in [6.45, 7) is 1.90. The van der Waals surface area contributed by atoms with Gasteiger partial charge in [-0.3, -0.25) is 4.79 Å². The molecular formula is C9H19NO. The maximum Gasteiger partial charge on any atom is 0.219 e. The standard InChI is InChI=1S/C9H17NO.H2/c1-2-9(11)10-8-6-4-3-5-7-8;/h8H,2-7H2,1H3,(H,10,11);1H. The summed E-state index contributed by atoms with van der Waals surface area (Å²) in [4.78, 5) is 11.0. The molecule has 0 aromatic rings. The first-order valence-electron chi connectivity index (χ1n) is 4.62. The molecule has 0 radical (unpaired) electrons. The van der Waals surface area contributed by atoms with E-state index in [0.29, 0.717) is 12.5 Å². The van der Waals surface area contributed by atoms with Gasteiger partial charge in [0, 0.05) is 13.9 Å². The number of nitrogens with one attached hydrogen (secondary N) is 1. The van der Waals surface area contributed by atoms with Gasteiger partial charge in [0.1, 0.15) is 0 Å². The van der Waals surface area contributed by atoms with Crippen LogP contribution in [0, 0.1) is 0 Å². The first-order valence-corrected chi connectivity index (χ1v) is 4.62. The molecule has 0 aromatic heterocycles. The summed E-state index contributed by atoms with van der Waals surface area (Å²) in [6.07, 6.45) is 6.91. The highest BCUT2D eigenvalue weighted by atomic mass is 16.1. The van der Waals surface area contributed by atoms with Gasteiger partial charge in [-0.25, -0.2) is 0 Å². The van der Waals surface area contributed by atoms with E-state index < -0.39 is 0 Å². The highest BCUT2D eigenvalue weighted by molar-refractivity contribution is 5.75. The van der Waals surface area contributed by atoms with Crippen molar-refractivity contribution in [1.29, 1.82) is 0 Å². The van der Waals surface area contributed by atoms with Gasteiger partial charge in [-0.05, 0) is 12.8 Å². The summed E-state index contributed by atoms with van der Waals surface area (Å²) in [5.74, 6) is 0.205.